The minimum atomic E-state index is -0.138. The van der Waals surface area contributed by atoms with Crippen molar-refractivity contribution in [3.05, 3.63) is 51.4 Å². The first-order valence-electron chi connectivity index (χ1n) is 6.89. The van der Waals surface area contributed by atoms with Gasteiger partial charge in [0.15, 0.2) is 0 Å². The topological polar surface area (TPSA) is 17.8 Å². The molecule has 0 amide bonds. The highest BCUT2D eigenvalue weighted by Gasteiger charge is 2.19. The number of fused-ring (bicyclic) bond motifs is 1. The second-order valence-electron chi connectivity index (χ2n) is 5.27. The van der Waals surface area contributed by atoms with Gasteiger partial charge in [0, 0.05) is 11.1 Å². The molecular formula is C16H16Cl2N2S. The van der Waals surface area contributed by atoms with Crippen LogP contribution in [0.25, 0.3) is 11.0 Å². The van der Waals surface area contributed by atoms with Gasteiger partial charge in [-0.1, -0.05) is 11.6 Å². The van der Waals surface area contributed by atoms with E-state index in [1.165, 1.54) is 5.56 Å². The molecule has 2 aromatic heterocycles. The smallest absolute Gasteiger partial charge is 0.127 e. The zero-order chi connectivity index (χ0) is 15.0. The van der Waals surface area contributed by atoms with Crippen LogP contribution in [0.15, 0.2) is 35.0 Å². The molecule has 0 spiro atoms. The summed E-state index contributed by atoms with van der Waals surface area (Å²) in [4.78, 5) is 4.68. The van der Waals surface area contributed by atoms with Crippen molar-refractivity contribution in [2.45, 2.75) is 31.7 Å². The summed E-state index contributed by atoms with van der Waals surface area (Å²) in [5.74, 6) is 0.900. The van der Waals surface area contributed by atoms with Crippen LogP contribution < -0.4 is 0 Å². The average Bonchev–Trinajstić information content (AvgIpc) is 3.04. The summed E-state index contributed by atoms with van der Waals surface area (Å²) in [6.45, 7) is 4.15. The lowest BCUT2D eigenvalue weighted by molar-refractivity contribution is 0.535. The summed E-state index contributed by atoms with van der Waals surface area (Å²) in [6.07, 6.45) is 0.956. The molecule has 5 heteroatoms. The summed E-state index contributed by atoms with van der Waals surface area (Å²) in [6, 6.07) is 8.23. The molecule has 3 aromatic rings. The fourth-order valence-corrected chi connectivity index (χ4v) is 3.67. The minimum Gasteiger partial charge on any atom is -0.324 e. The van der Waals surface area contributed by atoms with Crippen LogP contribution in [-0.4, -0.2) is 9.55 Å². The second kappa shape index (κ2) is 5.99. The van der Waals surface area contributed by atoms with E-state index in [-0.39, 0.29) is 11.4 Å². The van der Waals surface area contributed by atoms with E-state index in [0.29, 0.717) is 0 Å². The van der Waals surface area contributed by atoms with Crippen LogP contribution in [0, 0.1) is 0 Å². The Kier molecular flexibility index (Phi) is 4.25. The molecule has 0 N–H and O–H groups in total. The van der Waals surface area contributed by atoms with Crippen molar-refractivity contribution < 1.29 is 0 Å². The van der Waals surface area contributed by atoms with Crippen molar-refractivity contribution in [2.75, 3.05) is 0 Å². The highest BCUT2D eigenvalue weighted by molar-refractivity contribution is 7.07. The number of nitrogens with zero attached hydrogens (tertiary/aromatic N) is 2. The van der Waals surface area contributed by atoms with Crippen molar-refractivity contribution in [1.29, 1.82) is 0 Å². The number of halogens is 2. The normalized spacial score (nSPS) is 14.5. The molecule has 1 aromatic carbocycles. The van der Waals surface area contributed by atoms with E-state index in [2.05, 4.69) is 33.3 Å². The van der Waals surface area contributed by atoms with Crippen molar-refractivity contribution in [3.8, 4) is 0 Å². The van der Waals surface area contributed by atoms with Gasteiger partial charge < -0.3 is 4.57 Å². The number of alkyl halides is 1. The van der Waals surface area contributed by atoms with Crippen LogP contribution in [0.2, 0.25) is 5.02 Å². The highest BCUT2D eigenvalue weighted by atomic mass is 35.5. The number of imidazole rings is 1. The fourth-order valence-electron chi connectivity index (χ4n) is 2.67. The largest absolute Gasteiger partial charge is 0.324 e. The van der Waals surface area contributed by atoms with E-state index >= 15 is 0 Å². The lowest BCUT2D eigenvalue weighted by atomic mass is 10.1. The number of benzene rings is 1. The fraction of sp³-hybridized carbons (Fsp3) is 0.312. The molecule has 2 heterocycles. The van der Waals surface area contributed by atoms with Crippen LogP contribution in [0.3, 0.4) is 0 Å². The number of rotatable bonds is 4. The SMILES string of the molecule is CC(Cl)c1nc2ccc(Cl)cc2n1C(C)Cc1ccsc1. The summed E-state index contributed by atoms with van der Waals surface area (Å²) in [7, 11) is 0. The molecule has 0 aliphatic heterocycles. The summed E-state index contributed by atoms with van der Waals surface area (Å²) >= 11 is 14.2. The van der Waals surface area contributed by atoms with Gasteiger partial charge in [0.1, 0.15) is 5.82 Å². The molecule has 0 saturated carbocycles. The first-order chi connectivity index (χ1) is 10.1. The van der Waals surface area contributed by atoms with Crippen LogP contribution in [0.5, 0.6) is 0 Å². The summed E-state index contributed by atoms with van der Waals surface area (Å²) in [5, 5.41) is 4.88. The Bertz CT molecular complexity index is 747. The standard InChI is InChI=1S/C16H16Cl2N2S/c1-10(7-12-5-6-21-9-12)20-15-8-13(18)3-4-14(15)19-16(20)11(2)17/h3-6,8-11H,7H2,1-2H3. The van der Waals surface area contributed by atoms with Gasteiger partial charge in [0.05, 0.1) is 16.4 Å². The van der Waals surface area contributed by atoms with Gasteiger partial charge in [0.2, 0.25) is 0 Å². The van der Waals surface area contributed by atoms with Gasteiger partial charge in [-0.3, -0.25) is 0 Å². The van der Waals surface area contributed by atoms with Crippen LogP contribution >= 0.6 is 34.5 Å². The van der Waals surface area contributed by atoms with Crippen molar-refractivity contribution >= 4 is 45.6 Å². The van der Waals surface area contributed by atoms with E-state index in [0.717, 1.165) is 28.3 Å². The average molecular weight is 339 g/mol. The van der Waals surface area contributed by atoms with Gasteiger partial charge in [-0.2, -0.15) is 11.3 Å². The molecule has 0 saturated heterocycles. The number of hydrogen-bond acceptors (Lipinski definition) is 2. The van der Waals surface area contributed by atoms with Crippen molar-refractivity contribution in [3.63, 3.8) is 0 Å². The molecule has 0 fully saturated rings. The van der Waals surface area contributed by atoms with Crippen LogP contribution in [0.4, 0.5) is 0 Å². The van der Waals surface area contributed by atoms with E-state index in [1.807, 2.05) is 25.1 Å². The van der Waals surface area contributed by atoms with E-state index in [9.17, 15) is 0 Å². The number of aromatic nitrogens is 2. The van der Waals surface area contributed by atoms with Crippen molar-refractivity contribution in [2.24, 2.45) is 0 Å². The Morgan fingerprint density at radius 2 is 2.10 bits per heavy atom. The number of thiophene rings is 1. The first kappa shape index (κ1) is 14.9. The van der Waals surface area contributed by atoms with Gasteiger partial charge in [-0.05, 0) is 60.9 Å². The lowest BCUT2D eigenvalue weighted by Gasteiger charge is -2.18. The third kappa shape index (κ3) is 2.96. The van der Waals surface area contributed by atoms with Gasteiger partial charge in [0.25, 0.3) is 0 Å². The number of hydrogen-bond donors (Lipinski definition) is 0. The molecule has 2 nitrogen and oxygen atoms in total. The Balaban J connectivity index is 2.09. The van der Waals surface area contributed by atoms with E-state index in [4.69, 9.17) is 23.2 Å². The molecule has 110 valence electrons. The first-order valence-corrected chi connectivity index (χ1v) is 8.64. The Morgan fingerprint density at radius 1 is 1.29 bits per heavy atom. The van der Waals surface area contributed by atoms with Gasteiger partial charge in [-0.15, -0.1) is 11.6 Å². The summed E-state index contributed by atoms with van der Waals surface area (Å²) < 4.78 is 2.22. The second-order valence-corrected chi connectivity index (χ2v) is 7.14. The minimum absolute atomic E-state index is 0.138. The Labute approximate surface area is 138 Å². The molecular weight excluding hydrogens is 323 g/mol. The molecule has 2 atom stereocenters. The third-order valence-electron chi connectivity index (χ3n) is 3.59. The summed E-state index contributed by atoms with van der Waals surface area (Å²) in [5.41, 5.74) is 3.33. The predicted octanol–water partition coefficient (Wildman–Crippen LogP) is 5.85. The van der Waals surface area contributed by atoms with Crippen molar-refractivity contribution in [1.82, 2.24) is 9.55 Å². The third-order valence-corrected chi connectivity index (χ3v) is 4.75. The monoisotopic (exact) mass is 338 g/mol. The molecule has 0 radical (unpaired) electrons. The Morgan fingerprint density at radius 3 is 2.76 bits per heavy atom. The van der Waals surface area contributed by atoms with Crippen LogP contribution in [0.1, 0.15) is 36.7 Å². The maximum atomic E-state index is 6.33. The predicted molar refractivity (Wildman–Crippen MR) is 91.7 cm³/mol. The Hall–Kier alpha value is -1.03. The zero-order valence-corrected chi connectivity index (χ0v) is 14.2. The quantitative estimate of drug-likeness (QED) is 0.545. The molecule has 0 aliphatic carbocycles. The highest BCUT2D eigenvalue weighted by Crippen LogP contribution is 2.31. The van der Waals surface area contributed by atoms with E-state index < -0.39 is 0 Å². The van der Waals surface area contributed by atoms with Gasteiger partial charge in [-0.25, -0.2) is 4.98 Å². The van der Waals surface area contributed by atoms with Crippen LogP contribution in [-0.2, 0) is 6.42 Å². The molecule has 0 bridgehead atoms. The van der Waals surface area contributed by atoms with E-state index in [1.54, 1.807) is 11.3 Å². The lowest BCUT2D eigenvalue weighted by Crippen LogP contribution is -2.12. The maximum absolute atomic E-state index is 6.33. The zero-order valence-electron chi connectivity index (χ0n) is 11.9. The molecule has 3 rings (SSSR count). The molecule has 21 heavy (non-hydrogen) atoms. The van der Waals surface area contributed by atoms with Gasteiger partial charge >= 0.3 is 0 Å². The maximum Gasteiger partial charge on any atom is 0.127 e. The molecule has 0 aliphatic rings. The molecule has 2 unspecified atom stereocenters.